The number of benzene rings is 1. The number of rotatable bonds is 7. The maximum atomic E-state index is 13.5. The van der Waals surface area contributed by atoms with Gasteiger partial charge in [-0.3, -0.25) is 4.90 Å². The number of fused-ring (bicyclic) bond motifs is 1. The van der Waals surface area contributed by atoms with E-state index in [1.54, 1.807) is 18.1 Å². The van der Waals surface area contributed by atoms with Gasteiger partial charge in [-0.15, -0.1) is 0 Å². The van der Waals surface area contributed by atoms with Crippen molar-refractivity contribution in [2.24, 2.45) is 11.3 Å². The zero-order valence-electron chi connectivity index (χ0n) is 21.4. The molecule has 2 amide bonds. The smallest absolute Gasteiger partial charge is 0.331 e. The molecule has 1 fully saturated rings. The fourth-order valence-corrected chi connectivity index (χ4v) is 5.91. The van der Waals surface area contributed by atoms with Crippen molar-refractivity contribution in [2.45, 2.75) is 77.3 Å². The molecule has 4 rings (SSSR count). The van der Waals surface area contributed by atoms with E-state index >= 15 is 0 Å². The van der Waals surface area contributed by atoms with Gasteiger partial charge in [0.2, 0.25) is 0 Å². The normalized spacial score (nSPS) is 28.5. The lowest BCUT2D eigenvalue weighted by molar-refractivity contribution is -0.133. The van der Waals surface area contributed by atoms with E-state index in [1.807, 2.05) is 19.2 Å². The number of carboxylic acids is 1. The molecule has 2 aliphatic carbocycles. The van der Waals surface area contributed by atoms with Gasteiger partial charge in [-0.05, 0) is 79.2 Å². The number of aliphatic carboxylic acids is 1. The molecule has 1 heterocycles. The Balaban J connectivity index is 1.69. The molecule has 0 aromatic heterocycles. The third-order valence-electron chi connectivity index (χ3n) is 7.76. The number of carboxylic acid groups (broad SMARTS) is 1. The highest BCUT2D eigenvalue weighted by atomic mass is 35.5. The fraction of sp³-hybridized carbons (Fsp3) is 0.571. The highest BCUT2D eigenvalue weighted by Crippen LogP contribution is 2.48. The third kappa shape index (κ3) is 5.01. The number of carbonyl (C=O) groups excluding carboxylic acids is 1. The van der Waals surface area contributed by atoms with Gasteiger partial charge in [0, 0.05) is 36.9 Å². The van der Waals surface area contributed by atoms with Gasteiger partial charge in [-0.1, -0.05) is 44.5 Å². The molecule has 2 N–H and O–H groups in total. The lowest BCUT2D eigenvalue weighted by Crippen LogP contribution is -2.62. The number of methoxy groups -OCH3 is 1. The SMILES string of the molecule is COCC1CC[C@]2(c3ccc(CCC(C)(C)C)c(Cl)c3)NC(=O)N(C3(C)C=C(C(=O)O)C3)C=C2C1. The zero-order valence-corrected chi connectivity index (χ0v) is 22.2. The van der Waals surface area contributed by atoms with Gasteiger partial charge in [0.25, 0.3) is 0 Å². The summed E-state index contributed by atoms with van der Waals surface area (Å²) >= 11 is 6.77. The van der Waals surface area contributed by atoms with Crippen molar-refractivity contribution >= 4 is 23.6 Å². The Hall–Kier alpha value is -2.31. The molecule has 6 nitrogen and oxygen atoms in total. The summed E-state index contributed by atoms with van der Waals surface area (Å²) in [7, 11) is 1.72. The van der Waals surface area contributed by atoms with Gasteiger partial charge in [-0.25, -0.2) is 9.59 Å². The third-order valence-corrected chi connectivity index (χ3v) is 8.11. The molecular weight excluding hydrogens is 464 g/mol. The Bertz CT molecular complexity index is 1090. The average Bonchev–Trinajstić information content (AvgIpc) is 2.75. The molecule has 1 saturated carbocycles. The minimum atomic E-state index is -0.930. The number of carbonyl (C=O) groups is 2. The summed E-state index contributed by atoms with van der Waals surface area (Å²) < 4.78 is 5.45. The van der Waals surface area contributed by atoms with Crippen LogP contribution in [0.3, 0.4) is 0 Å². The Labute approximate surface area is 213 Å². The largest absolute Gasteiger partial charge is 0.478 e. The van der Waals surface area contributed by atoms with Crippen LogP contribution in [0.4, 0.5) is 4.79 Å². The van der Waals surface area contributed by atoms with Gasteiger partial charge < -0.3 is 15.2 Å². The maximum absolute atomic E-state index is 13.5. The quantitative estimate of drug-likeness (QED) is 0.478. The molecule has 35 heavy (non-hydrogen) atoms. The minimum Gasteiger partial charge on any atom is -0.478 e. The summed E-state index contributed by atoms with van der Waals surface area (Å²) in [6.45, 7) is 9.24. The van der Waals surface area contributed by atoms with Crippen LogP contribution in [0.5, 0.6) is 0 Å². The van der Waals surface area contributed by atoms with Crippen LogP contribution in [0.1, 0.15) is 70.9 Å². The van der Waals surface area contributed by atoms with E-state index in [0.29, 0.717) is 24.5 Å². The summed E-state index contributed by atoms with van der Waals surface area (Å²) in [5.41, 5.74) is 2.53. The van der Waals surface area contributed by atoms with Crippen LogP contribution in [0, 0.1) is 11.3 Å². The molecule has 3 aliphatic rings. The predicted molar refractivity (Wildman–Crippen MR) is 137 cm³/mol. The second kappa shape index (κ2) is 9.29. The van der Waals surface area contributed by atoms with Gasteiger partial charge in [0.15, 0.2) is 0 Å². The number of nitrogens with zero attached hydrogens (tertiary/aromatic N) is 1. The molecule has 0 spiro atoms. The number of aryl methyl sites for hydroxylation is 1. The van der Waals surface area contributed by atoms with Crippen LogP contribution < -0.4 is 5.32 Å². The first-order valence-corrected chi connectivity index (χ1v) is 12.8. The molecule has 1 aromatic rings. The van der Waals surface area contributed by atoms with Gasteiger partial charge in [0.1, 0.15) is 0 Å². The van der Waals surface area contributed by atoms with E-state index in [-0.39, 0.29) is 11.4 Å². The first-order chi connectivity index (χ1) is 16.4. The van der Waals surface area contributed by atoms with Crippen molar-refractivity contribution in [2.75, 3.05) is 13.7 Å². The number of hydrogen-bond acceptors (Lipinski definition) is 3. The van der Waals surface area contributed by atoms with Crippen molar-refractivity contribution in [3.05, 3.63) is 57.8 Å². The van der Waals surface area contributed by atoms with Crippen LogP contribution in [-0.4, -0.2) is 41.3 Å². The Morgan fingerprint density at radius 1 is 1.34 bits per heavy atom. The first-order valence-electron chi connectivity index (χ1n) is 12.4. The fourth-order valence-electron chi connectivity index (χ4n) is 5.64. The number of halogens is 1. The van der Waals surface area contributed by atoms with Crippen LogP contribution >= 0.6 is 11.6 Å². The molecule has 190 valence electrons. The second-order valence-electron chi connectivity index (χ2n) is 11.8. The highest BCUT2D eigenvalue weighted by molar-refractivity contribution is 6.31. The van der Waals surface area contributed by atoms with Crippen molar-refractivity contribution < 1.29 is 19.4 Å². The summed E-state index contributed by atoms with van der Waals surface area (Å²) in [5.74, 6) is -0.571. The number of ether oxygens (including phenoxy) is 1. The van der Waals surface area contributed by atoms with Crippen molar-refractivity contribution in [1.82, 2.24) is 10.2 Å². The Morgan fingerprint density at radius 2 is 2.06 bits per heavy atom. The van der Waals surface area contributed by atoms with Gasteiger partial charge in [0.05, 0.1) is 11.1 Å². The lowest BCUT2D eigenvalue weighted by Gasteiger charge is -2.52. The van der Waals surface area contributed by atoms with E-state index in [2.05, 4.69) is 38.2 Å². The highest BCUT2D eigenvalue weighted by Gasteiger charge is 2.50. The second-order valence-corrected chi connectivity index (χ2v) is 12.2. The molecule has 0 radical (unpaired) electrons. The molecule has 0 saturated heterocycles. The zero-order chi connectivity index (χ0) is 25.6. The molecule has 3 atom stereocenters. The summed E-state index contributed by atoms with van der Waals surface area (Å²) in [6.07, 6.45) is 8.38. The van der Waals surface area contributed by atoms with Crippen molar-refractivity contribution in [1.29, 1.82) is 0 Å². The lowest BCUT2D eigenvalue weighted by atomic mass is 9.68. The number of hydrogen-bond donors (Lipinski definition) is 2. The molecule has 7 heteroatoms. The Kier molecular flexibility index (Phi) is 6.84. The Morgan fingerprint density at radius 3 is 2.66 bits per heavy atom. The molecule has 1 aliphatic heterocycles. The van der Waals surface area contributed by atoms with E-state index in [4.69, 9.17) is 16.3 Å². The number of amides is 2. The van der Waals surface area contributed by atoms with E-state index in [1.165, 1.54) is 0 Å². The first kappa shape index (κ1) is 25.8. The summed E-state index contributed by atoms with van der Waals surface area (Å²) in [6, 6.07) is 6.02. The maximum Gasteiger partial charge on any atom is 0.331 e. The summed E-state index contributed by atoms with van der Waals surface area (Å²) in [4.78, 5) is 26.5. The van der Waals surface area contributed by atoms with Crippen molar-refractivity contribution in [3.63, 3.8) is 0 Å². The van der Waals surface area contributed by atoms with E-state index < -0.39 is 17.0 Å². The van der Waals surface area contributed by atoms with E-state index in [9.17, 15) is 14.7 Å². The molecular formula is C28H37ClN2O4. The molecule has 1 aromatic carbocycles. The van der Waals surface area contributed by atoms with Crippen LogP contribution in [-0.2, 0) is 21.5 Å². The number of urea groups is 1. The molecule has 0 bridgehead atoms. The average molecular weight is 501 g/mol. The predicted octanol–water partition coefficient (Wildman–Crippen LogP) is 6.04. The topological polar surface area (TPSA) is 78.9 Å². The summed E-state index contributed by atoms with van der Waals surface area (Å²) in [5, 5.41) is 13.4. The van der Waals surface area contributed by atoms with Gasteiger partial charge in [-0.2, -0.15) is 0 Å². The van der Waals surface area contributed by atoms with Crippen LogP contribution in [0.15, 0.2) is 41.6 Å². The minimum absolute atomic E-state index is 0.213. The van der Waals surface area contributed by atoms with Crippen molar-refractivity contribution in [3.8, 4) is 0 Å². The number of nitrogens with one attached hydrogen (secondary N) is 1. The standard InChI is InChI=1S/C28H37ClN2O4/c1-26(2,3)10-9-19-6-7-21(13-23(19)29)28-11-8-18(17-35-5)12-22(28)16-31(25(34)30-28)27(4)14-20(15-27)24(32)33/h6-7,13-14,16,18H,8-12,15,17H2,1-5H3,(H,30,34)(H,32,33)/t18?,27?,28-/m1/s1. The molecule has 2 unspecified atom stereocenters. The van der Waals surface area contributed by atoms with Crippen LogP contribution in [0.25, 0.3) is 0 Å². The van der Waals surface area contributed by atoms with E-state index in [0.717, 1.165) is 53.8 Å². The van der Waals surface area contributed by atoms with Crippen LogP contribution in [0.2, 0.25) is 5.02 Å². The monoisotopic (exact) mass is 500 g/mol. The van der Waals surface area contributed by atoms with Gasteiger partial charge >= 0.3 is 12.0 Å².